The Labute approximate surface area is 174 Å². The molecule has 0 radical (unpaired) electrons. The molecule has 154 valence electrons. The molecule has 1 aromatic carbocycles. The monoisotopic (exact) mass is 404 g/mol. The van der Waals surface area contributed by atoms with Crippen LogP contribution in [0.3, 0.4) is 0 Å². The van der Waals surface area contributed by atoms with E-state index in [2.05, 4.69) is 29.4 Å². The molecule has 3 aromatic rings. The molecule has 7 heteroatoms. The van der Waals surface area contributed by atoms with Gasteiger partial charge in [-0.3, -0.25) is 18.9 Å². The second-order valence-electron chi connectivity index (χ2n) is 7.41. The number of aryl methyl sites for hydroxylation is 1. The Morgan fingerprint density at radius 3 is 2.87 bits per heavy atom. The number of hydrogen-bond donors (Lipinski definition) is 1. The van der Waals surface area contributed by atoms with Crippen LogP contribution in [0.2, 0.25) is 0 Å². The molecule has 0 saturated heterocycles. The summed E-state index contributed by atoms with van der Waals surface area (Å²) in [6, 6.07) is 6.09. The van der Waals surface area contributed by atoms with E-state index in [1.54, 1.807) is 29.5 Å². The van der Waals surface area contributed by atoms with Crippen LogP contribution in [0.5, 0.6) is 0 Å². The summed E-state index contributed by atoms with van der Waals surface area (Å²) >= 11 is 0. The molecule has 1 N–H and O–H groups in total. The van der Waals surface area contributed by atoms with Gasteiger partial charge in [0.1, 0.15) is 0 Å². The van der Waals surface area contributed by atoms with Crippen LogP contribution in [-0.2, 0) is 23.1 Å². The number of carbonyl (C=O) groups excluding carboxylic acids is 1. The lowest BCUT2D eigenvalue weighted by molar-refractivity contribution is -0.108. The van der Waals surface area contributed by atoms with Crippen molar-refractivity contribution in [3.63, 3.8) is 0 Å². The van der Waals surface area contributed by atoms with Crippen molar-refractivity contribution in [2.24, 2.45) is 13.0 Å². The van der Waals surface area contributed by atoms with Crippen LogP contribution in [-0.4, -0.2) is 34.2 Å². The lowest BCUT2D eigenvalue weighted by atomic mass is 9.99. The molecular weight excluding hydrogens is 380 g/mol. The number of pyridine rings is 1. The SMILES string of the molecule is COCCn1c(=O)n(C)c2cnc3ccc(C4=CC(C)C=C(NC=O)C=C4)cc3c21. The molecule has 1 aliphatic rings. The Hall–Kier alpha value is -3.45. The van der Waals surface area contributed by atoms with Crippen LogP contribution in [0, 0.1) is 5.92 Å². The molecule has 0 saturated carbocycles. The molecule has 2 heterocycles. The molecule has 2 aromatic heterocycles. The molecular formula is C23H24N4O3. The highest BCUT2D eigenvalue weighted by atomic mass is 16.5. The maximum Gasteiger partial charge on any atom is 0.328 e. The Balaban J connectivity index is 1.89. The quantitative estimate of drug-likeness (QED) is 0.641. The zero-order valence-corrected chi connectivity index (χ0v) is 17.3. The average molecular weight is 404 g/mol. The molecule has 1 amide bonds. The number of fused-ring (bicyclic) bond motifs is 3. The molecule has 0 fully saturated rings. The zero-order chi connectivity index (χ0) is 21.3. The highest BCUT2D eigenvalue weighted by molar-refractivity contribution is 6.03. The van der Waals surface area contributed by atoms with Crippen molar-refractivity contribution < 1.29 is 9.53 Å². The van der Waals surface area contributed by atoms with Crippen molar-refractivity contribution >= 4 is 33.9 Å². The highest BCUT2D eigenvalue weighted by Crippen LogP contribution is 2.29. The maximum absolute atomic E-state index is 12.8. The topological polar surface area (TPSA) is 78.2 Å². The fourth-order valence-corrected chi connectivity index (χ4v) is 3.91. The fraction of sp³-hybridized carbons (Fsp3) is 0.261. The summed E-state index contributed by atoms with van der Waals surface area (Å²) in [4.78, 5) is 28.2. The van der Waals surface area contributed by atoms with Crippen molar-refractivity contribution in [3.05, 3.63) is 70.4 Å². The third-order valence-electron chi connectivity index (χ3n) is 5.37. The van der Waals surface area contributed by atoms with E-state index >= 15 is 0 Å². The van der Waals surface area contributed by atoms with Crippen LogP contribution in [0.1, 0.15) is 12.5 Å². The first-order chi connectivity index (χ1) is 14.5. The number of methoxy groups -OCH3 is 1. The van der Waals surface area contributed by atoms with Crippen molar-refractivity contribution in [2.75, 3.05) is 13.7 Å². The summed E-state index contributed by atoms with van der Waals surface area (Å²) in [5, 5.41) is 3.64. The van der Waals surface area contributed by atoms with E-state index in [1.165, 1.54) is 0 Å². The van der Waals surface area contributed by atoms with Gasteiger partial charge in [-0.2, -0.15) is 0 Å². The molecule has 0 bridgehead atoms. The largest absolute Gasteiger partial charge is 0.383 e. The zero-order valence-electron chi connectivity index (χ0n) is 17.3. The van der Waals surface area contributed by atoms with Crippen molar-refractivity contribution in [1.29, 1.82) is 0 Å². The van der Waals surface area contributed by atoms with Crippen LogP contribution < -0.4 is 11.0 Å². The summed E-state index contributed by atoms with van der Waals surface area (Å²) in [7, 11) is 3.39. The third-order valence-corrected chi connectivity index (χ3v) is 5.37. The first kappa shape index (κ1) is 19.8. The number of nitrogens with zero attached hydrogens (tertiary/aromatic N) is 3. The number of hydrogen-bond acceptors (Lipinski definition) is 4. The van der Waals surface area contributed by atoms with Gasteiger partial charge in [0.15, 0.2) is 0 Å². The Bertz CT molecular complexity index is 1280. The van der Waals surface area contributed by atoms with E-state index in [9.17, 15) is 9.59 Å². The van der Waals surface area contributed by atoms with Crippen molar-refractivity contribution in [3.8, 4) is 0 Å². The lowest BCUT2D eigenvalue weighted by Gasteiger charge is -2.09. The standard InChI is InChI=1S/C23H24N4O3/c1-15-10-16(4-6-18(11-15)25-14-28)17-5-7-20-19(12-17)22-21(13-24-20)26(2)23(29)27(22)8-9-30-3/h4-7,10-15H,8-9H2,1-3H3,(H,25,28). The number of rotatable bonds is 6. The minimum atomic E-state index is -0.0854. The number of imidazole rings is 1. The van der Waals surface area contributed by atoms with Gasteiger partial charge in [0.2, 0.25) is 6.41 Å². The first-order valence-electron chi connectivity index (χ1n) is 9.82. The fourth-order valence-electron chi connectivity index (χ4n) is 3.91. The van der Waals surface area contributed by atoms with Gasteiger partial charge in [-0.1, -0.05) is 31.2 Å². The predicted octanol–water partition coefficient (Wildman–Crippen LogP) is 2.75. The second-order valence-corrected chi connectivity index (χ2v) is 7.41. The van der Waals surface area contributed by atoms with E-state index in [-0.39, 0.29) is 11.6 Å². The van der Waals surface area contributed by atoms with Crippen molar-refractivity contribution in [2.45, 2.75) is 13.5 Å². The number of benzene rings is 1. The number of amides is 1. The van der Waals surface area contributed by atoms with Gasteiger partial charge in [-0.05, 0) is 35.3 Å². The van der Waals surface area contributed by atoms with E-state index in [4.69, 9.17) is 4.74 Å². The summed E-state index contributed by atoms with van der Waals surface area (Å²) in [5.74, 6) is 0.152. The van der Waals surface area contributed by atoms with Gasteiger partial charge in [0.05, 0.1) is 35.9 Å². The minimum Gasteiger partial charge on any atom is -0.383 e. The van der Waals surface area contributed by atoms with Crippen LogP contribution in [0.15, 0.2) is 59.2 Å². The van der Waals surface area contributed by atoms with E-state index in [0.717, 1.165) is 38.8 Å². The van der Waals surface area contributed by atoms with Gasteiger partial charge in [-0.25, -0.2) is 4.79 Å². The molecule has 7 nitrogen and oxygen atoms in total. The molecule has 1 unspecified atom stereocenters. The summed E-state index contributed by atoms with van der Waals surface area (Å²) in [5.41, 5.74) is 5.23. The minimum absolute atomic E-state index is 0.0854. The van der Waals surface area contributed by atoms with Gasteiger partial charge in [0.25, 0.3) is 0 Å². The van der Waals surface area contributed by atoms with Gasteiger partial charge in [0, 0.05) is 25.2 Å². The van der Waals surface area contributed by atoms with E-state index in [1.807, 2.05) is 30.4 Å². The number of carbonyl (C=O) groups is 1. The van der Waals surface area contributed by atoms with Gasteiger partial charge >= 0.3 is 5.69 Å². The van der Waals surface area contributed by atoms with Crippen LogP contribution in [0.4, 0.5) is 0 Å². The van der Waals surface area contributed by atoms with E-state index in [0.29, 0.717) is 19.6 Å². The average Bonchev–Trinajstić information content (AvgIpc) is 2.87. The van der Waals surface area contributed by atoms with Crippen LogP contribution in [0.25, 0.3) is 27.5 Å². The Morgan fingerprint density at radius 2 is 2.10 bits per heavy atom. The summed E-state index contributed by atoms with van der Waals surface area (Å²) in [6.07, 6.45) is 10.5. The van der Waals surface area contributed by atoms with Gasteiger partial charge in [-0.15, -0.1) is 0 Å². The van der Waals surface area contributed by atoms with E-state index < -0.39 is 0 Å². The first-order valence-corrected chi connectivity index (χ1v) is 9.82. The lowest BCUT2D eigenvalue weighted by Crippen LogP contribution is -2.23. The normalized spacial score (nSPS) is 16.4. The molecule has 0 aliphatic heterocycles. The maximum atomic E-state index is 12.8. The van der Waals surface area contributed by atoms with Crippen molar-refractivity contribution in [1.82, 2.24) is 19.4 Å². The number of nitrogens with one attached hydrogen (secondary N) is 1. The van der Waals surface area contributed by atoms with Gasteiger partial charge < -0.3 is 10.1 Å². The number of ether oxygens (including phenoxy) is 1. The Kier molecular flexibility index (Phi) is 5.37. The number of allylic oxidation sites excluding steroid dienone is 5. The molecule has 0 spiro atoms. The third kappa shape index (κ3) is 3.48. The summed E-state index contributed by atoms with van der Waals surface area (Å²) in [6.45, 7) is 2.99. The summed E-state index contributed by atoms with van der Waals surface area (Å²) < 4.78 is 8.58. The molecule has 1 atom stereocenters. The Morgan fingerprint density at radius 1 is 1.27 bits per heavy atom. The molecule has 1 aliphatic carbocycles. The highest BCUT2D eigenvalue weighted by Gasteiger charge is 2.15. The van der Waals surface area contributed by atoms with Crippen LogP contribution >= 0.6 is 0 Å². The smallest absolute Gasteiger partial charge is 0.328 e. The predicted molar refractivity (Wildman–Crippen MR) is 118 cm³/mol. The molecule has 30 heavy (non-hydrogen) atoms. The molecule has 4 rings (SSSR count). The second kappa shape index (κ2) is 8.12. The number of aromatic nitrogens is 3.